The summed E-state index contributed by atoms with van der Waals surface area (Å²) >= 11 is 0. The van der Waals surface area contributed by atoms with Gasteiger partial charge in [-0.05, 0) is 6.07 Å². The molecule has 1 aromatic heterocycles. The van der Waals surface area contributed by atoms with Crippen molar-refractivity contribution >= 4 is 5.97 Å². The number of hydrogen-bond acceptors (Lipinski definition) is 4. The Kier molecular flexibility index (Phi) is 2.79. The van der Waals surface area contributed by atoms with Gasteiger partial charge in [0, 0.05) is 6.20 Å². The minimum atomic E-state index is -0.828. The number of methoxy groups -OCH3 is 2. The van der Waals surface area contributed by atoms with Crippen LogP contribution in [-0.2, 0) is 4.74 Å². The van der Waals surface area contributed by atoms with E-state index in [0.29, 0.717) is 0 Å². The van der Waals surface area contributed by atoms with Gasteiger partial charge in [-0.25, -0.2) is 9.78 Å². The van der Waals surface area contributed by atoms with E-state index in [1.807, 2.05) is 0 Å². The normalized spacial score (nSPS) is 9.46. The van der Waals surface area contributed by atoms with Crippen LogP contribution in [0.3, 0.4) is 0 Å². The molecule has 0 aliphatic rings. The number of carbonyl (C=O) groups excluding carboxylic acids is 1. The molecule has 1 rings (SSSR count). The van der Waals surface area contributed by atoms with Crippen LogP contribution in [0.5, 0.6) is 5.75 Å². The molecule has 0 saturated heterocycles. The number of esters is 1. The predicted octanol–water partition coefficient (Wildman–Crippen LogP) is 1.02. The van der Waals surface area contributed by atoms with Crippen molar-refractivity contribution in [1.82, 2.24) is 4.98 Å². The fourth-order valence-corrected chi connectivity index (χ4v) is 0.888. The second kappa shape index (κ2) is 3.84. The Morgan fingerprint density at radius 1 is 1.54 bits per heavy atom. The van der Waals surface area contributed by atoms with E-state index in [1.165, 1.54) is 26.5 Å². The van der Waals surface area contributed by atoms with Crippen molar-refractivity contribution < 1.29 is 18.7 Å². The average Bonchev–Trinajstić information content (AvgIpc) is 2.16. The summed E-state index contributed by atoms with van der Waals surface area (Å²) in [5.41, 5.74) is 0.0255. The summed E-state index contributed by atoms with van der Waals surface area (Å²) in [6.45, 7) is 0. The van der Waals surface area contributed by atoms with Crippen molar-refractivity contribution in [2.24, 2.45) is 0 Å². The fraction of sp³-hybridized carbons (Fsp3) is 0.250. The highest BCUT2D eigenvalue weighted by Gasteiger charge is 2.16. The Labute approximate surface area is 74.3 Å². The van der Waals surface area contributed by atoms with E-state index in [1.54, 1.807) is 0 Å². The SMILES string of the molecule is COC(=O)c1ccnc(F)c1OC. The number of carbonyl (C=O) groups is 1. The third kappa shape index (κ3) is 1.74. The van der Waals surface area contributed by atoms with Crippen molar-refractivity contribution in [2.75, 3.05) is 14.2 Å². The van der Waals surface area contributed by atoms with Gasteiger partial charge in [0.15, 0.2) is 5.75 Å². The zero-order valence-corrected chi connectivity index (χ0v) is 7.20. The van der Waals surface area contributed by atoms with Gasteiger partial charge in [0.1, 0.15) is 5.56 Å². The first-order valence-electron chi connectivity index (χ1n) is 3.47. The quantitative estimate of drug-likeness (QED) is 0.509. The minimum absolute atomic E-state index is 0.0255. The van der Waals surface area contributed by atoms with Gasteiger partial charge in [0.2, 0.25) is 0 Å². The third-order valence-electron chi connectivity index (χ3n) is 1.47. The molecule has 13 heavy (non-hydrogen) atoms. The summed E-state index contributed by atoms with van der Waals surface area (Å²) in [6.07, 6.45) is 1.17. The van der Waals surface area contributed by atoms with E-state index in [9.17, 15) is 9.18 Å². The fourth-order valence-electron chi connectivity index (χ4n) is 0.888. The van der Waals surface area contributed by atoms with Crippen LogP contribution in [-0.4, -0.2) is 25.2 Å². The largest absolute Gasteiger partial charge is 0.491 e. The predicted molar refractivity (Wildman–Crippen MR) is 42.1 cm³/mol. The van der Waals surface area contributed by atoms with Crippen LogP contribution in [0, 0.1) is 5.95 Å². The van der Waals surface area contributed by atoms with Crippen molar-refractivity contribution in [2.45, 2.75) is 0 Å². The molecule has 0 aliphatic carbocycles. The van der Waals surface area contributed by atoms with Crippen molar-refractivity contribution in [3.05, 3.63) is 23.8 Å². The molecular weight excluding hydrogens is 177 g/mol. The Morgan fingerprint density at radius 2 is 2.23 bits per heavy atom. The average molecular weight is 185 g/mol. The number of ether oxygens (including phenoxy) is 2. The zero-order chi connectivity index (χ0) is 9.84. The maximum Gasteiger partial charge on any atom is 0.341 e. The Bertz CT molecular complexity index is 327. The highest BCUT2D eigenvalue weighted by atomic mass is 19.1. The number of pyridine rings is 1. The Balaban J connectivity index is 3.20. The first-order valence-corrected chi connectivity index (χ1v) is 3.47. The lowest BCUT2D eigenvalue weighted by Gasteiger charge is -2.05. The standard InChI is InChI=1S/C8H8FNO3/c1-12-6-5(8(11)13-2)3-4-10-7(6)9/h3-4H,1-2H3. The van der Waals surface area contributed by atoms with E-state index in [0.717, 1.165) is 0 Å². The molecule has 0 radical (unpaired) electrons. The van der Waals surface area contributed by atoms with Crippen LogP contribution in [0.15, 0.2) is 12.3 Å². The molecule has 0 atom stereocenters. The Morgan fingerprint density at radius 3 is 2.77 bits per heavy atom. The van der Waals surface area contributed by atoms with Gasteiger partial charge in [-0.2, -0.15) is 4.39 Å². The number of aromatic nitrogens is 1. The molecule has 0 N–H and O–H groups in total. The second-order valence-electron chi connectivity index (χ2n) is 2.17. The molecule has 0 bridgehead atoms. The van der Waals surface area contributed by atoms with Gasteiger partial charge in [0.25, 0.3) is 5.95 Å². The van der Waals surface area contributed by atoms with Gasteiger partial charge in [-0.15, -0.1) is 0 Å². The summed E-state index contributed by atoms with van der Waals surface area (Å²) in [4.78, 5) is 14.4. The van der Waals surface area contributed by atoms with Gasteiger partial charge in [-0.3, -0.25) is 0 Å². The molecule has 4 nitrogen and oxygen atoms in total. The number of halogens is 1. The molecule has 0 aliphatic heterocycles. The lowest BCUT2D eigenvalue weighted by molar-refractivity contribution is 0.0595. The van der Waals surface area contributed by atoms with Crippen LogP contribution >= 0.6 is 0 Å². The van der Waals surface area contributed by atoms with Gasteiger partial charge < -0.3 is 9.47 Å². The molecule has 0 saturated carbocycles. The summed E-state index contributed by atoms with van der Waals surface area (Å²) in [5, 5.41) is 0. The summed E-state index contributed by atoms with van der Waals surface area (Å²) in [6, 6.07) is 1.33. The summed E-state index contributed by atoms with van der Waals surface area (Å²) in [7, 11) is 2.46. The van der Waals surface area contributed by atoms with Gasteiger partial charge >= 0.3 is 5.97 Å². The van der Waals surface area contributed by atoms with Crippen LogP contribution in [0.2, 0.25) is 0 Å². The van der Waals surface area contributed by atoms with Crippen LogP contribution < -0.4 is 4.74 Å². The van der Waals surface area contributed by atoms with Crippen LogP contribution in [0.25, 0.3) is 0 Å². The van der Waals surface area contributed by atoms with E-state index in [-0.39, 0.29) is 11.3 Å². The summed E-state index contributed by atoms with van der Waals surface area (Å²) in [5.74, 6) is -1.68. The molecule has 0 amide bonds. The highest BCUT2D eigenvalue weighted by molar-refractivity contribution is 5.92. The maximum absolute atomic E-state index is 12.9. The van der Waals surface area contributed by atoms with E-state index >= 15 is 0 Å². The molecule has 0 fully saturated rings. The lowest BCUT2D eigenvalue weighted by Crippen LogP contribution is -2.06. The number of rotatable bonds is 2. The van der Waals surface area contributed by atoms with Crippen molar-refractivity contribution in [3.8, 4) is 5.75 Å². The Hall–Kier alpha value is -1.65. The molecule has 0 unspecified atom stereocenters. The number of nitrogens with zero attached hydrogens (tertiary/aromatic N) is 1. The highest BCUT2D eigenvalue weighted by Crippen LogP contribution is 2.20. The van der Waals surface area contributed by atoms with Crippen molar-refractivity contribution in [3.63, 3.8) is 0 Å². The van der Waals surface area contributed by atoms with Crippen LogP contribution in [0.1, 0.15) is 10.4 Å². The van der Waals surface area contributed by atoms with Crippen LogP contribution in [0.4, 0.5) is 4.39 Å². The molecule has 70 valence electrons. The number of hydrogen-bond donors (Lipinski definition) is 0. The monoisotopic (exact) mass is 185 g/mol. The first kappa shape index (κ1) is 9.44. The van der Waals surface area contributed by atoms with Crippen molar-refractivity contribution in [1.29, 1.82) is 0 Å². The molecule has 1 aromatic rings. The minimum Gasteiger partial charge on any atom is -0.491 e. The molecular formula is C8H8FNO3. The van der Waals surface area contributed by atoms with E-state index < -0.39 is 11.9 Å². The van der Waals surface area contributed by atoms with Gasteiger partial charge in [-0.1, -0.05) is 0 Å². The van der Waals surface area contributed by atoms with E-state index in [4.69, 9.17) is 0 Å². The maximum atomic E-state index is 12.9. The summed E-state index contributed by atoms with van der Waals surface area (Å²) < 4.78 is 22.0. The molecule has 1 heterocycles. The molecule has 5 heteroatoms. The molecule has 0 spiro atoms. The third-order valence-corrected chi connectivity index (χ3v) is 1.47. The zero-order valence-electron chi connectivity index (χ0n) is 7.20. The second-order valence-corrected chi connectivity index (χ2v) is 2.17. The smallest absolute Gasteiger partial charge is 0.341 e. The first-order chi connectivity index (χ1) is 6.20. The molecule has 0 aromatic carbocycles. The topological polar surface area (TPSA) is 48.4 Å². The van der Waals surface area contributed by atoms with E-state index in [2.05, 4.69) is 14.5 Å². The van der Waals surface area contributed by atoms with Gasteiger partial charge in [0.05, 0.1) is 14.2 Å². The lowest BCUT2D eigenvalue weighted by atomic mass is 10.2.